The summed E-state index contributed by atoms with van der Waals surface area (Å²) in [6, 6.07) is 14.3. The zero-order valence-corrected chi connectivity index (χ0v) is 13.2. The first-order chi connectivity index (χ1) is 9.52. The highest BCUT2D eigenvalue weighted by Crippen LogP contribution is 2.29. The number of aryl methyl sites for hydroxylation is 1. The predicted octanol–water partition coefficient (Wildman–Crippen LogP) is 4.20. The number of hydrogen-bond acceptors (Lipinski definition) is 2. The summed E-state index contributed by atoms with van der Waals surface area (Å²) in [5.41, 5.74) is 9.74. The van der Waals surface area contributed by atoms with Crippen molar-refractivity contribution in [2.45, 2.75) is 13.8 Å². The van der Waals surface area contributed by atoms with Crippen LogP contribution in [0.25, 0.3) is 0 Å². The van der Waals surface area contributed by atoms with Crippen molar-refractivity contribution < 1.29 is 0 Å². The average Bonchev–Trinajstić information content (AvgIpc) is 2.39. The molecule has 0 saturated carbocycles. The third kappa shape index (κ3) is 3.02. The molecule has 4 heteroatoms. The fourth-order valence-electron chi connectivity index (χ4n) is 2.20. The van der Waals surface area contributed by atoms with E-state index in [0.29, 0.717) is 5.56 Å². The number of anilines is 2. The van der Waals surface area contributed by atoms with Crippen LogP contribution >= 0.6 is 15.9 Å². The van der Waals surface area contributed by atoms with Crippen LogP contribution in [-0.4, -0.2) is 12.4 Å². The van der Waals surface area contributed by atoms with Crippen molar-refractivity contribution in [3.8, 4) is 0 Å². The SMILES string of the molecule is CCN(c1cccc(C)c1)c1ccc(C(=N)N)c(Br)c1. The lowest BCUT2D eigenvalue weighted by Gasteiger charge is -2.24. The van der Waals surface area contributed by atoms with Crippen LogP contribution in [0.4, 0.5) is 11.4 Å². The molecule has 0 amide bonds. The summed E-state index contributed by atoms with van der Waals surface area (Å²) < 4.78 is 0.841. The molecule has 0 aliphatic heterocycles. The molecule has 0 bridgehead atoms. The number of amidine groups is 1. The molecule has 104 valence electrons. The fraction of sp³-hybridized carbons (Fsp3) is 0.188. The summed E-state index contributed by atoms with van der Waals surface area (Å²) >= 11 is 3.48. The van der Waals surface area contributed by atoms with E-state index in [1.807, 2.05) is 18.2 Å². The Labute approximate surface area is 128 Å². The molecular formula is C16H18BrN3. The quantitative estimate of drug-likeness (QED) is 0.651. The van der Waals surface area contributed by atoms with E-state index < -0.39 is 0 Å². The molecule has 2 aromatic rings. The normalized spacial score (nSPS) is 10.3. The van der Waals surface area contributed by atoms with Crippen LogP contribution in [0.3, 0.4) is 0 Å². The molecule has 0 aromatic heterocycles. The highest BCUT2D eigenvalue weighted by atomic mass is 79.9. The maximum Gasteiger partial charge on any atom is 0.123 e. The maximum atomic E-state index is 7.53. The van der Waals surface area contributed by atoms with Crippen LogP contribution in [0.5, 0.6) is 0 Å². The number of benzene rings is 2. The molecule has 0 heterocycles. The minimum absolute atomic E-state index is 0.0713. The van der Waals surface area contributed by atoms with Crippen LogP contribution < -0.4 is 10.6 Å². The van der Waals surface area contributed by atoms with E-state index >= 15 is 0 Å². The summed E-state index contributed by atoms with van der Waals surface area (Å²) in [5.74, 6) is 0.0713. The predicted molar refractivity (Wildman–Crippen MR) is 89.0 cm³/mol. The largest absolute Gasteiger partial charge is 0.384 e. The third-order valence-corrected chi connectivity index (χ3v) is 3.84. The minimum atomic E-state index is 0.0713. The van der Waals surface area contributed by atoms with Gasteiger partial charge in [-0.2, -0.15) is 0 Å². The van der Waals surface area contributed by atoms with Gasteiger partial charge in [-0.3, -0.25) is 5.41 Å². The van der Waals surface area contributed by atoms with Gasteiger partial charge in [-0.05, 0) is 65.7 Å². The van der Waals surface area contributed by atoms with Gasteiger partial charge in [0.15, 0.2) is 0 Å². The van der Waals surface area contributed by atoms with E-state index in [1.165, 1.54) is 5.56 Å². The van der Waals surface area contributed by atoms with Gasteiger partial charge in [0.2, 0.25) is 0 Å². The highest BCUT2D eigenvalue weighted by Gasteiger charge is 2.10. The van der Waals surface area contributed by atoms with Crippen LogP contribution in [0, 0.1) is 12.3 Å². The minimum Gasteiger partial charge on any atom is -0.384 e. The lowest BCUT2D eigenvalue weighted by Crippen LogP contribution is -2.17. The number of hydrogen-bond donors (Lipinski definition) is 2. The van der Waals surface area contributed by atoms with Crippen molar-refractivity contribution in [3.05, 3.63) is 58.1 Å². The first-order valence-corrected chi connectivity index (χ1v) is 7.30. The molecule has 0 aliphatic carbocycles. The summed E-state index contributed by atoms with van der Waals surface area (Å²) in [4.78, 5) is 2.22. The molecule has 0 fully saturated rings. The molecule has 0 spiro atoms. The van der Waals surface area contributed by atoms with Crippen molar-refractivity contribution in [2.24, 2.45) is 5.73 Å². The smallest absolute Gasteiger partial charge is 0.123 e. The van der Waals surface area contributed by atoms with E-state index in [9.17, 15) is 0 Å². The van der Waals surface area contributed by atoms with Gasteiger partial charge in [-0.25, -0.2) is 0 Å². The molecule has 0 atom stereocenters. The van der Waals surface area contributed by atoms with E-state index in [-0.39, 0.29) is 5.84 Å². The van der Waals surface area contributed by atoms with Crippen LogP contribution in [0.2, 0.25) is 0 Å². The lowest BCUT2D eigenvalue weighted by atomic mass is 10.1. The maximum absolute atomic E-state index is 7.53. The standard InChI is InChI=1S/C16H18BrN3/c1-3-20(12-6-4-5-11(2)9-12)13-7-8-14(16(18)19)15(17)10-13/h4-10H,3H2,1-2H3,(H3,18,19). The monoisotopic (exact) mass is 331 g/mol. The van der Waals surface area contributed by atoms with E-state index in [0.717, 1.165) is 22.4 Å². The van der Waals surface area contributed by atoms with Crippen LogP contribution in [0.15, 0.2) is 46.9 Å². The summed E-state index contributed by atoms with van der Waals surface area (Å²) in [7, 11) is 0. The molecule has 0 radical (unpaired) electrons. The molecule has 3 N–H and O–H groups in total. The van der Waals surface area contributed by atoms with Gasteiger partial charge < -0.3 is 10.6 Å². The Bertz CT molecular complexity index is 637. The van der Waals surface area contributed by atoms with Crippen molar-refractivity contribution >= 4 is 33.1 Å². The van der Waals surface area contributed by atoms with Crippen molar-refractivity contribution in [1.29, 1.82) is 5.41 Å². The number of nitrogens with two attached hydrogens (primary N) is 1. The van der Waals surface area contributed by atoms with E-state index in [1.54, 1.807) is 0 Å². The Morgan fingerprint density at radius 1 is 1.20 bits per heavy atom. The van der Waals surface area contributed by atoms with Crippen LogP contribution in [-0.2, 0) is 0 Å². The first-order valence-electron chi connectivity index (χ1n) is 6.51. The zero-order chi connectivity index (χ0) is 14.7. The van der Waals surface area contributed by atoms with Gasteiger partial charge in [0.05, 0.1) is 0 Å². The number of nitrogen functional groups attached to an aromatic ring is 1. The first kappa shape index (κ1) is 14.6. The topological polar surface area (TPSA) is 53.1 Å². The van der Waals surface area contributed by atoms with Gasteiger partial charge in [0.1, 0.15) is 5.84 Å². The van der Waals surface area contributed by atoms with Gasteiger partial charge >= 0.3 is 0 Å². The highest BCUT2D eigenvalue weighted by molar-refractivity contribution is 9.10. The van der Waals surface area contributed by atoms with Gasteiger partial charge in [-0.15, -0.1) is 0 Å². The van der Waals surface area contributed by atoms with Gasteiger partial charge in [0, 0.05) is 28.0 Å². The van der Waals surface area contributed by atoms with Gasteiger partial charge in [0.25, 0.3) is 0 Å². The molecule has 2 rings (SSSR count). The zero-order valence-electron chi connectivity index (χ0n) is 11.7. The number of nitrogens with one attached hydrogen (secondary N) is 1. The number of nitrogens with zero attached hydrogens (tertiary/aromatic N) is 1. The molecule has 2 aromatic carbocycles. The molecular weight excluding hydrogens is 314 g/mol. The Morgan fingerprint density at radius 3 is 2.45 bits per heavy atom. The van der Waals surface area contributed by atoms with Crippen molar-refractivity contribution in [1.82, 2.24) is 0 Å². The second kappa shape index (κ2) is 6.09. The Kier molecular flexibility index (Phi) is 4.45. The summed E-state index contributed by atoms with van der Waals surface area (Å²) in [6.07, 6.45) is 0. The summed E-state index contributed by atoms with van der Waals surface area (Å²) in [6.45, 7) is 5.08. The molecule has 0 aliphatic rings. The summed E-state index contributed by atoms with van der Waals surface area (Å²) in [5, 5.41) is 7.53. The second-order valence-corrected chi connectivity index (χ2v) is 5.52. The Hall–Kier alpha value is -1.81. The second-order valence-electron chi connectivity index (χ2n) is 4.66. The lowest BCUT2D eigenvalue weighted by molar-refractivity contribution is 1.02. The van der Waals surface area contributed by atoms with E-state index in [4.69, 9.17) is 11.1 Å². The van der Waals surface area contributed by atoms with Gasteiger partial charge in [-0.1, -0.05) is 12.1 Å². The molecule has 20 heavy (non-hydrogen) atoms. The van der Waals surface area contributed by atoms with Crippen LogP contribution in [0.1, 0.15) is 18.1 Å². The van der Waals surface area contributed by atoms with Crippen molar-refractivity contribution in [2.75, 3.05) is 11.4 Å². The number of halogens is 1. The van der Waals surface area contributed by atoms with E-state index in [2.05, 4.69) is 58.9 Å². The Balaban J connectivity index is 2.42. The molecule has 3 nitrogen and oxygen atoms in total. The average molecular weight is 332 g/mol. The van der Waals surface area contributed by atoms with Crippen molar-refractivity contribution in [3.63, 3.8) is 0 Å². The Morgan fingerprint density at radius 2 is 1.90 bits per heavy atom. The number of rotatable bonds is 4. The molecule has 0 unspecified atom stereocenters. The fourth-order valence-corrected chi connectivity index (χ4v) is 2.78. The third-order valence-electron chi connectivity index (χ3n) is 3.18. The molecule has 0 saturated heterocycles.